The van der Waals surface area contributed by atoms with Crippen molar-refractivity contribution >= 4 is 16.8 Å². The minimum absolute atomic E-state index is 0.0132. The van der Waals surface area contributed by atoms with Gasteiger partial charge in [0.1, 0.15) is 5.75 Å². The van der Waals surface area contributed by atoms with Crippen molar-refractivity contribution in [1.29, 1.82) is 0 Å². The number of likely N-dealkylation sites (tertiary alicyclic amines) is 1. The van der Waals surface area contributed by atoms with E-state index in [0.29, 0.717) is 18.8 Å². The van der Waals surface area contributed by atoms with E-state index in [1.165, 1.54) is 0 Å². The van der Waals surface area contributed by atoms with Gasteiger partial charge in [0.25, 0.3) is 5.91 Å². The van der Waals surface area contributed by atoms with Crippen molar-refractivity contribution in [2.24, 2.45) is 0 Å². The van der Waals surface area contributed by atoms with Gasteiger partial charge in [0.2, 0.25) is 0 Å². The predicted octanol–water partition coefficient (Wildman–Crippen LogP) is 1.60. The molecular weight excluding hydrogens is 268 g/mol. The quantitative estimate of drug-likeness (QED) is 0.931. The Morgan fingerprint density at radius 2 is 2.24 bits per heavy atom. The van der Waals surface area contributed by atoms with Crippen LogP contribution < -0.4 is 4.74 Å². The van der Waals surface area contributed by atoms with Crippen LogP contribution in [0, 0.1) is 0 Å². The molecule has 1 atom stereocenters. The van der Waals surface area contributed by atoms with Gasteiger partial charge in [-0.05, 0) is 31.0 Å². The molecule has 3 rings (SSSR count). The molecule has 1 aliphatic heterocycles. The van der Waals surface area contributed by atoms with Crippen LogP contribution in [0.1, 0.15) is 12.8 Å². The second-order valence-corrected chi connectivity index (χ2v) is 5.25. The number of para-hydroxylation sites is 1. The number of ether oxygens (including phenoxy) is 1. The molecule has 2 heterocycles. The van der Waals surface area contributed by atoms with Crippen molar-refractivity contribution in [3.63, 3.8) is 0 Å². The first-order valence-corrected chi connectivity index (χ1v) is 7.16. The van der Waals surface area contributed by atoms with Gasteiger partial charge < -0.3 is 14.7 Å². The van der Waals surface area contributed by atoms with E-state index < -0.39 is 6.10 Å². The van der Waals surface area contributed by atoms with Gasteiger partial charge in [-0.1, -0.05) is 12.1 Å². The number of hydrogen-bond acceptors (Lipinski definition) is 4. The van der Waals surface area contributed by atoms with Crippen molar-refractivity contribution in [2.45, 2.75) is 18.9 Å². The van der Waals surface area contributed by atoms with E-state index in [1.807, 2.05) is 24.3 Å². The number of pyridine rings is 1. The van der Waals surface area contributed by atoms with E-state index in [9.17, 15) is 9.90 Å². The topological polar surface area (TPSA) is 62.7 Å². The maximum absolute atomic E-state index is 12.1. The lowest BCUT2D eigenvalue weighted by molar-refractivity contribution is -0.136. The number of carbonyl (C=O) groups excluding carboxylic acids is 1. The summed E-state index contributed by atoms with van der Waals surface area (Å²) in [5, 5.41) is 10.5. The number of hydrogen-bond donors (Lipinski definition) is 1. The molecule has 1 fully saturated rings. The number of β-amino-alcohol motifs (C(OH)–C–C–N with tert-alkyl or cyclic N) is 1. The van der Waals surface area contributed by atoms with Gasteiger partial charge in [-0.2, -0.15) is 0 Å². The van der Waals surface area contributed by atoms with Crippen molar-refractivity contribution < 1.29 is 14.6 Å². The second kappa shape index (κ2) is 6.10. The molecule has 1 N–H and O–H groups in total. The van der Waals surface area contributed by atoms with Gasteiger partial charge in [-0.15, -0.1) is 0 Å². The van der Waals surface area contributed by atoms with E-state index in [2.05, 4.69) is 4.98 Å². The fraction of sp³-hybridized carbons (Fsp3) is 0.375. The van der Waals surface area contributed by atoms with Gasteiger partial charge in [0.05, 0.1) is 11.6 Å². The summed E-state index contributed by atoms with van der Waals surface area (Å²) < 4.78 is 5.66. The number of piperidine rings is 1. The minimum atomic E-state index is -0.413. The lowest BCUT2D eigenvalue weighted by atomic mass is 10.1. The highest BCUT2D eigenvalue weighted by Crippen LogP contribution is 2.23. The van der Waals surface area contributed by atoms with Gasteiger partial charge in [-0.3, -0.25) is 9.78 Å². The highest BCUT2D eigenvalue weighted by molar-refractivity contribution is 5.85. The Balaban J connectivity index is 1.67. The average Bonchev–Trinajstić information content (AvgIpc) is 2.52. The van der Waals surface area contributed by atoms with Gasteiger partial charge in [-0.25, -0.2) is 0 Å². The molecule has 0 saturated carbocycles. The van der Waals surface area contributed by atoms with Crippen molar-refractivity contribution in [3.05, 3.63) is 36.5 Å². The number of aliphatic hydroxyl groups is 1. The van der Waals surface area contributed by atoms with Crippen LogP contribution in [-0.2, 0) is 4.79 Å². The smallest absolute Gasteiger partial charge is 0.260 e. The van der Waals surface area contributed by atoms with Gasteiger partial charge >= 0.3 is 0 Å². The minimum Gasteiger partial charge on any atom is -0.483 e. The summed E-state index contributed by atoms with van der Waals surface area (Å²) in [5.74, 6) is 0.571. The number of amides is 1. The molecule has 0 aliphatic carbocycles. The zero-order valence-corrected chi connectivity index (χ0v) is 11.7. The molecule has 110 valence electrons. The Morgan fingerprint density at radius 3 is 3.10 bits per heavy atom. The molecule has 0 bridgehead atoms. The SMILES string of the molecule is O=C(COc1ccnc2ccccc12)N1CCCC(O)C1. The Hall–Kier alpha value is -2.14. The van der Waals surface area contributed by atoms with Crippen molar-refractivity contribution in [1.82, 2.24) is 9.88 Å². The van der Waals surface area contributed by atoms with Gasteiger partial charge in [0.15, 0.2) is 6.61 Å². The summed E-state index contributed by atoms with van der Waals surface area (Å²) in [6.07, 6.45) is 2.86. The normalized spacial score (nSPS) is 18.7. The van der Waals surface area contributed by atoms with E-state index in [4.69, 9.17) is 4.74 Å². The van der Waals surface area contributed by atoms with E-state index in [0.717, 1.165) is 23.7 Å². The number of aromatic nitrogens is 1. The van der Waals surface area contributed by atoms with Crippen LogP contribution in [-0.4, -0.2) is 46.7 Å². The molecule has 1 aliphatic rings. The Bertz CT molecular complexity index is 639. The lowest BCUT2D eigenvalue weighted by Crippen LogP contribution is -2.44. The average molecular weight is 286 g/mol. The Labute approximate surface area is 123 Å². The summed E-state index contributed by atoms with van der Waals surface area (Å²) in [6, 6.07) is 9.43. The fourth-order valence-electron chi connectivity index (χ4n) is 2.61. The van der Waals surface area contributed by atoms with Crippen LogP contribution in [0.25, 0.3) is 10.9 Å². The molecule has 1 aromatic heterocycles. The molecular formula is C16H18N2O3. The molecule has 0 radical (unpaired) electrons. The molecule has 21 heavy (non-hydrogen) atoms. The highest BCUT2D eigenvalue weighted by atomic mass is 16.5. The molecule has 1 saturated heterocycles. The van der Waals surface area contributed by atoms with Crippen LogP contribution in [0.2, 0.25) is 0 Å². The van der Waals surface area contributed by atoms with Crippen LogP contribution in [0.5, 0.6) is 5.75 Å². The van der Waals surface area contributed by atoms with Crippen LogP contribution >= 0.6 is 0 Å². The molecule has 5 nitrogen and oxygen atoms in total. The summed E-state index contributed by atoms with van der Waals surface area (Å²) >= 11 is 0. The number of fused-ring (bicyclic) bond motifs is 1. The summed E-state index contributed by atoms with van der Waals surface area (Å²) in [6.45, 7) is 1.08. The number of aliphatic hydroxyl groups excluding tert-OH is 1. The maximum Gasteiger partial charge on any atom is 0.260 e. The molecule has 1 amide bonds. The zero-order valence-electron chi connectivity index (χ0n) is 11.7. The molecule has 1 unspecified atom stereocenters. The first-order chi connectivity index (χ1) is 10.2. The largest absolute Gasteiger partial charge is 0.483 e. The van der Waals surface area contributed by atoms with Crippen LogP contribution in [0.3, 0.4) is 0 Å². The number of rotatable bonds is 3. The van der Waals surface area contributed by atoms with Crippen LogP contribution in [0.4, 0.5) is 0 Å². The van der Waals surface area contributed by atoms with E-state index in [-0.39, 0.29) is 12.5 Å². The van der Waals surface area contributed by atoms with Crippen molar-refractivity contribution in [2.75, 3.05) is 19.7 Å². The first-order valence-electron chi connectivity index (χ1n) is 7.16. The number of carbonyl (C=O) groups is 1. The lowest BCUT2D eigenvalue weighted by Gasteiger charge is -2.30. The van der Waals surface area contributed by atoms with E-state index >= 15 is 0 Å². The third kappa shape index (κ3) is 3.13. The third-order valence-electron chi connectivity index (χ3n) is 3.71. The monoisotopic (exact) mass is 286 g/mol. The zero-order chi connectivity index (χ0) is 14.7. The fourth-order valence-corrected chi connectivity index (χ4v) is 2.61. The van der Waals surface area contributed by atoms with Gasteiger partial charge in [0, 0.05) is 24.7 Å². The predicted molar refractivity (Wildman–Crippen MR) is 79.1 cm³/mol. The number of nitrogens with zero attached hydrogens (tertiary/aromatic N) is 2. The molecule has 2 aromatic rings. The van der Waals surface area contributed by atoms with E-state index in [1.54, 1.807) is 17.2 Å². The molecule has 0 spiro atoms. The van der Waals surface area contributed by atoms with Crippen LogP contribution in [0.15, 0.2) is 36.5 Å². The maximum atomic E-state index is 12.1. The third-order valence-corrected chi connectivity index (χ3v) is 3.71. The summed E-state index contributed by atoms with van der Waals surface area (Å²) in [5.41, 5.74) is 0.843. The first kappa shape index (κ1) is 13.8. The number of benzene rings is 1. The van der Waals surface area contributed by atoms with Crippen molar-refractivity contribution in [3.8, 4) is 5.75 Å². The highest BCUT2D eigenvalue weighted by Gasteiger charge is 2.22. The summed E-state index contributed by atoms with van der Waals surface area (Å²) in [7, 11) is 0. The Morgan fingerprint density at radius 1 is 1.38 bits per heavy atom. The molecule has 5 heteroatoms. The molecule has 1 aromatic carbocycles. The second-order valence-electron chi connectivity index (χ2n) is 5.25. The Kier molecular flexibility index (Phi) is 4.01. The summed E-state index contributed by atoms with van der Waals surface area (Å²) in [4.78, 5) is 18.1. The standard InChI is InChI=1S/C16H18N2O3/c19-12-4-3-9-18(10-12)16(20)11-21-15-7-8-17-14-6-2-1-5-13(14)15/h1-2,5-8,12,19H,3-4,9-11H2.